The predicted octanol–water partition coefficient (Wildman–Crippen LogP) is 1.28. The Morgan fingerprint density at radius 3 is 2.58 bits per heavy atom. The molecule has 1 aromatic carbocycles. The maximum atomic E-state index is 12.4. The van der Waals surface area contributed by atoms with Crippen LogP contribution in [0.1, 0.15) is 31.7 Å². The van der Waals surface area contributed by atoms with Crippen LogP contribution >= 0.6 is 0 Å². The molecule has 2 unspecified atom stereocenters. The van der Waals surface area contributed by atoms with Gasteiger partial charge >= 0.3 is 0 Å². The monoisotopic (exact) mass is 258 g/mol. The third kappa shape index (κ3) is 2.11. The molecule has 3 rings (SSSR count). The zero-order valence-electron chi connectivity index (χ0n) is 11.2. The van der Waals surface area contributed by atoms with Crippen LogP contribution in [-0.4, -0.2) is 34.8 Å². The lowest BCUT2D eigenvalue weighted by atomic mass is 10.00. The number of amides is 2. The van der Waals surface area contributed by atoms with Crippen molar-refractivity contribution in [2.75, 3.05) is 6.54 Å². The molecule has 2 atom stereocenters. The fourth-order valence-corrected chi connectivity index (χ4v) is 2.88. The van der Waals surface area contributed by atoms with Crippen LogP contribution in [0.15, 0.2) is 30.3 Å². The van der Waals surface area contributed by atoms with Gasteiger partial charge in [0.1, 0.15) is 5.54 Å². The van der Waals surface area contributed by atoms with E-state index < -0.39 is 5.54 Å². The Morgan fingerprint density at radius 1 is 1.21 bits per heavy atom. The van der Waals surface area contributed by atoms with Crippen LogP contribution in [0.2, 0.25) is 0 Å². The minimum atomic E-state index is -0.779. The smallest absolute Gasteiger partial charge is 0.248 e. The van der Waals surface area contributed by atoms with Crippen molar-refractivity contribution in [3.05, 3.63) is 35.9 Å². The summed E-state index contributed by atoms with van der Waals surface area (Å²) in [5, 5.41) is 2.74. The molecule has 0 bridgehead atoms. The SMILES string of the molecule is CC1(C)NC(=O)CN(C2CC2c2ccccc2)C1=O. The summed E-state index contributed by atoms with van der Waals surface area (Å²) < 4.78 is 0. The van der Waals surface area contributed by atoms with E-state index >= 15 is 0 Å². The number of carbonyl (C=O) groups excluding carboxylic acids is 2. The summed E-state index contributed by atoms with van der Waals surface area (Å²) in [6, 6.07) is 10.4. The van der Waals surface area contributed by atoms with Crippen LogP contribution in [0.3, 0.4) is 0 Å². The number of benzene rings is 1. The Hall–Kier alpha value is -1.84. The van der Waals surface area contributed by atoms with Gasteiger partial charge in [0.2, 0.25) is 11.8 Å². The minimum absolute atomic E-state index is 0.0236. The average molecular weight is 258 g/mol. The third-order valence-corrected chi connectivity index (χ3v) is 3.95. The largest absolute Gasteiger partial charge is 0.341 e. The Labute approximate surface area is 112 Å². The summed E-state index contributed by atoms with van der Waals surface area (Å²) in [7, 11) is 0. The molecule has 1 saturated heterocycles. The first-order chi connectivity index (χ1) is 8.99. The summed E-state index contributed by atoms with van der Waals surface area (Å²) in [6.07, 6.45) is 0.957. The van der Waals surface area contributed by atoms with Crippen molar-refractivity contribution in [3.63, 3.8) is 0 Å². The van der Waals surface area contributed by atoms with Crippen molar-refractivity contribution in [1.29, 1.82) is 0 Å². The van der Waals surface area contributed by atoms with E-state index in [0.717, 1.165) is 6.42 Å². The van der Waals surface area contributed by atoms with Gasteiger partial charge < -0.3 is 10.2 Å². The molecular weight excluding hydrogens is 240 g/mol. The molecule has 1 aliphatic heterocycles. The Balaban J connectivity index is 1.77. The molecule has 2 amide bonds. The number of nitrogens with one attached hydrogen (secondary N) is 1. The number of hydrogen-bond acceptors (Lipinski definition) is 2. The maximum absolute atomic E-state index is 12.4. The molecule has 0 spiro atoms. The van der Waals surface area contributed by atoms with Crippen molar-refractivity contribution in [2.24, 2.45) is 0 Å². The van der Waals surface area contributed by atoms with Gasteiger partial charge in [-0.2, -0.15) is 0 Å². The zero-order chi connectivity index (χ0) is 13.6. The molecular formula is C15H18N2O2. The number of hydrogen-bond donors (Lipinski definition) is 1. The van der Waals surface area contributed by atoms with E-state index in [1.54, 1.807) is 18.7 Å². The summed E-state index contributed by atoms with van der Waals surface area (Å²) in [5.74, 6) is 0.339. The number of nitrogens with zero attached hydrogens (tertiary/aromatic N) is 1. The van der Waals surface area contributed by atoms with Crippen molar-refractivity contribution >= 4 is 11.8 Å². The van der Waals surface area contributed by atoms with Crippen molar-refractivity contribution in [1.82, 2.24) is 10.2 Å². The van der Waals surface area contributed by atoms with Gasteiger partial charge in [0.25, 0.3) is 0 Å². The molecule has 4 heteroatoms. The molecule has 1 aromatic rings. The predicted molar refractivity (Wildman–Crippen MR) is 71.5 cm³/mol. The van der Waals surface area contributed by atoms with Crippen LogP contribution in [0, 0.1) is 0 Å². The highest BCUT2D eigenvalue weighted by Crippen LogP contribution is 2.45. The fraction of sp³-hybridized carbons (Fsp3) is 0.467. The Kier molecular flexibility index (Phi) is 2.62. The number of carbonyl (C=O) groups is 2. The molecule has 1 N–H and O–H groups in total. The highest BCUT2D eigenvalue weighted by Gasteiger charge is 2.50. The number of rotatable bonds is 2. The summed E-state index contributed by atoms with van der Waals surface area (Å²) in [6.45, 7) is 3.72. The van der Waals surface area contributed by atoms with E-state index in [0.29, 0.717) is 5.92 Å². The quantitative estimate of drug-likeness (QED) is 0.868. The lowest BCUT2D eigenvalue weighted by molar-refractivity contribution is -0.149. The summed E-state index contributed by atoms with van der Waals surface area (Å²) in [4.78, 5) is 25.8. The molecule has 2 fully saturated rings. The molecule has 1 saturated carbocycles. The van der Waals surface area contributed by atoms with E-state index in [-0.39, 0.29) is 24.4 Å². The van der Waals surface area contributed by atoms with Gasteiger partial charge in [-0.05, 0) is 25.8 Å². The van der Waals surface area contributed by atoms with Crippen molar-refractivity contribution in [2.45, 2.75) is 37.8 Å². The van der Waals surface area contributed by atoms with Gasteiger partial charge in [0.15, 0.2) is 0 Å². The first kappa shape index (κ1) is 12.2. The van der Waals surface area contributed by atoms with Gasteiger partial charge in [-0.15, -0.1) is 0 Å². The van der Waals surface area contributed by atoms with Gasteiger partial charge in [-0.3, -0.25) is 9.59 Å². The molecule has 1 aliphatic carbocycles. The van der Waals surface area contributed by atoms with Crippen molar-refractivity contribution in [3.8, 4) is 0 Å². The van der Waals surface area contributed by atoms with Crippen LogP contribution in [0.4, 0.5) is 0 Å². The van der Waals surface area contributed by atoms with Gasteiger partial charge in [-0.25, -0.2) is 0 Å². The first-order valence-corrected chi connectivity index (χ1v) is 6.66. The van der Waals surface area contributed by atoms with E-state index in [9.17, 15) is 9.59 Å². The molecule has 19 heavy (non-hydrogen) atoms. The lowest BCUT2D eigenvalue weighted by Crippen LogP contribution is -2.64. The highest BCUT2D eigenvalue weighted by molar-refractivity contribution is 5.97. The van der Waals surface area contributed by atoms with Crippen LogP contribution < -0.4 is 5.32 Å². The maximum Gasteiger partial charge on any atom is 0.248 e. The summed E-state index contributed by atoms with van der Waals surface area (Å²) >= 11 is 0. The molecule has 2 aliphatic rings. The molecule has 0 radical (unpaired) electrons. The highest BCUT2D eigenvalue weighted by atomic mass is 16.2. The standard InChI is InChI=1S/C15H18N2O2/c1-15(2)14(19)17(9-13(18)16-15)12-8-11(12)10-6-4-3-5-7-10/h3-7,11-12H,8-9H2,1-2H3,(H,16,18). The average Bonchev–Trinajstić information content (AvgIpc) is 3.14. The zero-order valence-corrected chi connectivity index (χ0v) is 11.2. The van der Waals surface area contributed by atoms with E-state index in [2.05, 4.69) is 17.4 Å². The molecule has 100 valence electrons. The number of piperazine rings is 1. The minimum Gasteiger partial charge on any atom is -0.341 e. The third-order valence-electron chi connectivity index (χ3n) is 3.95. The molecule has 0 aromatic heterocycles. The topological polar surface area (TPSA) is 49.4 Å². The van der Waals surface area contributed by atoms with Crippen molar-refractivity contribution < 1.29 is 9.59 Å². The molecule has 1 heterocycles. The molecule has 4 nitrogen and oxygen atoms in total. The van der Waals surface area contributed by atoms with Gasteiger partial charge in [-0.1, -0.05) is 30.3 Å². The van der Waals surface area contributed by atoms with E-state index in [1.807, 2.05) is 18.2 Å². The van der Waals surface area contributed by atoms with E-state index in [4.69, 9.17) is 0 Å². The second-order valence-electron chi connectivity index (χ2n) is 5.93. The second kappa shape index (κ2) is 4.08. The van der Waals surface area contributed by atoms with Gasteiger partial charge in [0.05, 0.1) is 6.54 Å². The normalized spacial score (nSPS) is 29.1. The fourth-order valence-electron chi connectivity index (χ4n) is 2.88. The second-order valence-corrected chi connectivity index (χ2v) is 5.93. The van der Waals surface area contributed by atoms with Crippen LogP contribution in [-0.2, 0) is 9.59 Å². The van der Waals surface area contributed by atoms with Gasteiger partial charge in [0, 0.05) is 12.0 Å². The Morgan fingerprint density at radius 2 is 1.89 bits per heavy atom. The first-order valence-electron chi connectivity index (χ1n) is 6.66. The van der Waals surface area contributed by atoms with Crippen LogP contribution in [0.25, 0.3) is 0 Å². The lowest BCUT2D eigenvalue weighted by Gasteiger charge is -2.37. The Bertz CT molecular complexity index is 524. The summed E-state index contributed by atoms with van der Waals surface area (Å²) in [5.41, 5.74) is 0.475. The van der Waals surface area contributed by atoms with Crippen LogP contribution in [0.5, 0.6) is 0 Å². The van der Waals surface area contributed by atoms with E-state index in [1.165, 1.54) is 5.56 Å².